The third-order valence-electron chi connectivity index (χ3n) is 2.66. The van der Waals surface area contributed by atoms with Gasteiger partial charge in [0.2, 0.25) is 17.7 Å². The number of nitrogens with zero attached hydrogens (tertiary/aromatic N) is 1. The van der Waals surface area contributed by atoms with Gasteiger partial charge in [-0.1, -0.05) is 0 Å². The third kappa shape index (κ3) is 3.26. The van der Waals surface area contributed by atoms with Gasteiger partial charge in [-0.3, -0.25) is 24.6 Å². The second kappa shape index (κ2) is 5.27. The monoisotopic (exact) mass is 241 g/mol. The molecular weight excluding hydrogens is 222 g/mol. The number of likely N-dealkylation sites (tertiary alicyclic amines) is 1. The standard InChI is InChI=1S/C11H19N3O3/c1-6(2)12-10(16)7(3)13-8-5-9(15)14(4)11(8)17/h6-8,13H,5H2,1-4H3,(H,12,16). The second-order valence-electron chi connectivity index (χ2n) is 4.60. The van der Waals surface area contributed by atoms with Gasteiger partial charge in [-0.25, -0.2) is 0 Å². The summed E-state index contributed by atoms with van der Waals surface area (Å²) in [4.78, 5) is 35.6. The topological polar surface area (TPSA) is 78.5 Å². The zero-order valence-electron chi connectivity index (χ0n) is 10.6. The van der Waals surface area contributed by atoms with Crippen molar-refractivity contribution in [3.05, 3.63) is 0 Å². The first-order chi connectivity index (χ1) is 7.82. The fourth-order valence-electron chi connectivity index (χ4n) is 1.67. The Balaban J connectivity index is 2.52. The predicted octanol–water partition coefficient (Wildman–Crippen LogP) is -0.754. The lowest BCUT2D eigenvalue weighted by atomic mass is 10.2. The molecule has 0 aromatic carbocycles. The molecule has 0 bridgehead atoms. The molecule has 2 N–H and O–H groups in total. The molecule has 1 saturated heterocycles. The Bertz CT molecular complexity index is 341. The van der Waals surface area contributed by atoms with E-state index >= 15 is 0 Å². The molecule has 1 aliphatic rings. The summed E-state index contributed by atoms with van der Waals surface area (Å²) in [5.74, 6) is -0.669. The van der Waals surface area contributed by atoms with Crippen LogP contribution < -0.4 is 10.6 Å². The van der Waals surface area contributed by atoms with E-state index in [0.717, 1.165) is 4.90 Å². The molecule has 1 fully saturated rings. The van der Waals surface area contributed by atoms with Gasteiger partial charge >= 0.3 is 0 Å². The van der Waals surface area contributed by atoms with Crippen molar-refractivity contribution in [1.29, 1.82) is 0 Å². The van der Waals surface area contributed by atoms with E-state index < -0.39 is 12.1 Å². The highest BCUT2D eigenvalue weighted by atomic mass is 16.2. The van der Waals surface area contributed by atoms with Crippen LogP contribution in [0.2, 0.25) is 0 Å². The van der Waals surface area contributed by atoms with Crippen molar-refractivity contribution >= 4 is 17.7 Å². The normalized spacial score (nSPS) is 22.2. The number of imide groups is 1. The minimum atomic E-state index is -0.583. The first-order valence-corrected chi connectivity index (χ1v) is 5.69. The average molecular weight is 241 g/mol. The Hall–Kier alpha value is -1.43. The van der Waals surface area contributed by atoms with Gasteiger partial charge in [0, 0.05) is 13.1 Å². The summed E-state index contributed by atoms with van der Waals surface area (Å²) in [5.41, 5.74) is 0. The Morgan fingerprint density at radius 1 is 1.35 bits per heavy atom. The number of hydrogen-bond donors (Lipinski definition) is 2. The lowest BCUT2D eigenvalue weighted by molar-refractivity contribution is -0.137. The van der Waals surface area contributed by atoms with Crippen molar-refractivity contribution in [2.45, 2.75) is 45.3 Å². The fourth-order valence-corrected chi connectivity index (χ4v) is 1.67. The molecule has 0 aliphatic carbocycles. The van der Waals surface area contributed by atoms with Crippen molar-refractivity contribution in [2.24, 2.45) is 0 Å². The molecule has 1 rings (SSSR count). The summed E-state index contributed by atoms with van der Waals surface area (Å²) < 4.78 is 0. The zero-order valence-corrected chi connectivity index (χ0v) is 10.6. The molecule has 17 heavy (non-hydrogen) atoms. The first-order valence-electron chi connectivity index (χ1n) is 5.69. The predicted molar refractivity (Wildman–Crippen MR) is 62.1 cm³/mol. The highest BCUT2D eigenvalue weighted by molar-refractivity contribution is 6.05. The van der Waals surface area contributed by atoms with E-state index in [-0.39, 0.29) is 30.2 Å². The molecule has 0 radical (unpaired) electrons. The highest BCUT2D eigenvalue weighted by Crippen LogP contribution is 2.11. The van der Waals surface area contributed by atoms with Crippen LogP contribution in [0.3, 0.4) is 0 Å². The van der Waals surface area contributed by atoms with Crippen LogP contribution in [0.4, 0.5) is 0 Å². The summed E-state index contributed by atoms with van der Waals surface area (Å²) in [6, 6.07) is -1.03. The summed E-state index contributed by atoms with van der Waals surface area (Å²) in [6.07, 6.45) is 0.120. The molecule has 6 heteroatoms. The Morgan fingerprint density at radius 3 is 2.35 bits per heavy atom. The Labute approximate surface area is 101 Å². The van der Waals surface area contributed by atoms with Gasteiger partial charge in [0.1, 0.15) is 0 Å². The minimum absolute atomic E-state index is 0.0512. The van der Waals surface area contributed by atoms with E-state index in [9.17, 15) is 14.4 Å². The minimum Gasteiger partial charge on any atom is -0.353 e. The molecule has 1 aliphatic heterocycles. The van der Waals surface area contributed by atoms with Crippen LogP contribution in [0.1, 0.15) is 27.2 Å². The van der Waals surface area contributed by atoms with Crippen molar-refractivity contribution in [3.63, 3.8) is 0 Å². The second-order valence-corrected chi connectivity index (χ2v) is 4.60. The van der Waals surface area contributed by atoms with E-state index in [4.69, 9.17) is 0 Å². The molecule has 0 spiro atoms. The van der Waals surface area contributed by atoms with Crippen LogP contribution in [0.25, 0.3) is 0 Å². The van der Waals surface area contributed by atoms with Gasteiger partial charge in [-0.2, -0.15) is 0 Å². The first kappa shape index (κ1) is 13.6. The quantitative estimate of drug-likeness (QED) is 0.635. The van der Waals surface area contributed by atoms with Crippen LogP contribution in [0.15, 0.2) is 0 Å². The SMILES string of the molecule is CC(C)NC(=O)C(C)NC1CC(=O)N(C)C1=O. The van der Waals surface area contributed by atoms with E-state index in [2.05, 4.69) is 10.6 Å². The van der Waals surface area contributed by atoms with Gasteiger partial charge in [0.15, 0.2) is 0 Å². The van der Waals surface area contributed by atoms with Gasteiger partial charge in [-0.05, 0) is 20.8 Å². The molecule has 3 amide bonds. The zero-order chi connectivity index (χ0) is 13.2. The number of carbonyl (C=O) groups excluding carboxylic acids is 3. The summed E-state index contributed by atoms with van der Waals surface area (Å²) in [7, 11) is 1.45. The number of likely N-dealkylation sites (N-methyl/N-ethyl adjacent to an activating group) is 1. The number of amides is 3. The summed E-state index contributed by atoms with van der Waals surface area (Å²) in [6.45, 7) is 5.40. The lowest BCUT2D eigenvalue weighted by Gasteiger charge is -2.18. The lowest BCUT2D eigenvalue weighted by Crippen LogP contribution is -2.50. The van der Waals surface area contributed by atoms with Crippen molar-refractivity contribution in [1.82, 2.24) is 15.5 Å². The molecule has 1 heterocycles. The summed E-state index contributed by atoms with van der Waals surface area (Å²) >= 11 is 0. The Morgan fingerprint density at radius 2 is 1.94 bits per heavy atom. The largest absolute Gasteiger partial charge is 0.353 e. The fraction of sp³-hybridized carbons (Fsp3) is 0.727. The third-order valence-corrected chi connectivity index (χ3v) is 2.66. The molecule has 6 nitrogen and oxygen atoms in total. The van der Waals surface area contributed by atoms with E-state index in [1.165, 1.54) is 7.05 Å². The van der Waals surface area contributed by atoms with Gasteiger partial charge < -0.3 is 5.32 Å². The van der Waals surface area contributed by atoms with Crippen LogP contribution in [-0.2, 0) is 14.4 Å². The van der Waals surface area contributed by atoms with Crippen LogP contribution >= 0.6 is 0 Å². The molecule has 2 unspecified atom stereocenters. The number of hydrogen-bond acceptors (Lipinski definition) is 4. The van der Waals surface area contributed by atoms with Crippen LogP contribution in [0.5, 0.6) is 0 Å². The number of rotatable bonds is 4. The van der Waals surface area contributed by atoms with E-state index in [1.807, 2.05) is 13.8 Å². The van der Waals surface area contributed by atoms with Gasteiger partial charge in [0.05, 0.1) is 18.5 Å². The maximum atomic E-state index is 11.6. The molecule has 0 saturated carbocycles. The smallest absolute Gasteiger partial charge is 0.246 e. The van der Waals surface area contributed by atoms with Gasteiger partial charge in [-0.15, -0.1) is 0 Å². The average Bonchev–Trinajstić information content (AvgIpc) is 2.45. The number of carbonyl (C=O) groups is 3. The van der Waals surface area contributed by atoms with Crippen LogP contribution in [-0.4, -0.2) is 47.8 Å². The maximum Gasteiger partial charge on any atom is 0.246 e. The molecule has 2 atom stereocenters. The number of nitrogens with one attached hydrogen (secondary N) is 2. The molecule has 96 valence electrons. The molecular formula is C11H19N3O3. The van der Waals surface area contributed by atoms with E-state index in [1.54, 1.807) is 6.92 Å². The highest BCUT2D eigenvalue weighted by Gasteiger charge is 2.37. The summed E-state index contributed by atoms with van der Waals surface area (Å²) in [5, 5.41) is 5.61. The molecule has 0 aromatic heterocycles. The van der Waals surface area contributed by atoms with Crippen LogP contribution in [0, 0.1) is 0 Å². The van der Waals surface area contributed by atoms with E-state index in [0.29, 0.717) is 0 Å². The van der Waals surface area contributed by atoms with Crippen molar-refractivity contribution in [3.8, 4) is 0 Å². The molecule has 0 aromatic rings. The Kier molecular flexibility index (Phi) is 4.22. The van der Waals surface area contributed by atoms with Crippen molar-refractivity contribution < 1.29 is 14.4 Å². The van der Waals surface area contributed by atoms with Crippen molar-refractivity contribution in [2.75, 3.05) is 7.05 Å². The van der Waals surface area contributed by atoms with Gasteiger partial charge in [0.25, 0.3) is 0 Å². The maximum absolute atomic E-state index is 11.6.